The largest absolute Gasteiger partial charge is 0.340 e. The molecule has 40 heavy (non-hydrogen) atoms. The number of amides is 1. The summed E-state index contributed by atoms with van der Waals surface area (Å²) in [5, 5.41) is 8.26. The van der Waals surface area contributed by atoms with Crippen molar-refractivity contribution in [3.05, 3.63) is 88.9 Å². The Bertz CT molecular complexity index is 1590. The van der Waals surface area contributed by atoms with Crippen LogP contribution in [0.3, 0.4) is 0 Å². The number of halogens is 1. The Morgan fingerprint density at radius 2 is 1.60 bits per heavy atom. The van der Waals surface area contributed by atoms with Gasteiger partial charge < -0.3 is 4.90 Å². The second-order valence-corrected chi connectivity index (χ2v) is 12.7. The van der Waals surface area contributed by atoms with Crippen LogP contribution in [0.4, 0.5) is 0 Å². The highest BCUT2D eigenvalue weighted by Crippen LogP contribution is 2.32. The fraction of sp³-hybridized carbons (Fsp3) is 0.345. The summed E-state index contributed by atoms with van der Waals surface area (Å²) < 4.78 is 33.2. The number of sulfonamides is 1. The van der Waals surface area contributed by atoms with Gasteiger partial charge in [-0.2, -0.15) is 4.31 Å². The van der Waals surface area contributed by atoms with E-state index in [2.05, 4.69) is 39.5 Å². The Balaban J connectivity index is 1.14. The zero-order valence-corrected chi connectivity index (χ0v) is 23.5. The van der Waals surface area contributed by atoms with E-state index >= 15 is 0 Å². The topological polar surface area (TPSA) is 99.8 Å². The Morgan fingerprint density at radius 1 is 0.875 bits per heavy atom. The molecule has 6 rings (SSSR count). The van der Waals surface area contributed by atoms with Gasteiger partial charge in [-0.3, -0.25) is 9.69 Å². The first kappa shape index (κ1) is 26.9. The monoisotopic (exact) mass is 579 g/mol. The first-order valence-electron chi connectivity index (χ1n) is 13.5. The summed E-state index contributed by atoms with van der Waals surface area (Å²) in [5.74, 6) is -0.366. The fourth-order valence-corrected chi connectivity index (χ4v) is 7.63. The number of hydrogen-bond donors (Lipinski definition) is 0. The number of carbonyl (C=O) groups is 1. The van der Waals surface area contributed by atoms with Crippen LogP contribution in [0.1, 0.15) is 30.0 Å². The van der Waals surface area contributed by atoms with Crippen LogP contribution in [-0.2, 0) is 14.8 Å². The molecule has 9 nitrogen and oxygen atoms in total. The predicted molar refractivity (Wildman–Crippen MR) is 151 cm³/mol. The average Bonchev–Trinajstić information content (AvgIpc) is 3.48. The smallest absolute Gasteiger partial charge is 0.245 e. The second-order valence-electron chi connectivity index (χ2n) is 10.3. The maximum absolute atomic E-state index is 13.6. The first-order valence-corrected chi connectivity index (χ1v) is 15.3. The molecule has 2 atom stereocenters. The normalized spacial score (nSPS) is 20.0. The van der Waals surface area contributed by atoms with E-state index in [4.69, 9.17) is 16.2 Å². The lowest BCUT2D eigenvalue weighted by molar-refractivity contribution is -0.138. The SMILES string of the molecule is O=C([C@H]1CCCN(S(=O)(=O)c2cccc3nonc23)C1)N1CCN([C@H](c2ccccc2)c2ccc(Cl)cc2)CC1. The van der Waals surface area contributed by atoms with Gasteiger partial charge in [0.25, 0.3) is 0 Å². The lowest BCUT2D eigenvalue weighted by Crippen LogP contribution is -2.53. The molecular weight excluding hydrogens is 550 g/mol. The number of fused-ring (bicyclic) bond motifs is 1. The van der Waals surface area contributed by atoms with Crippen LogP contribution in [-0.4, -0.2) is 78.0 Å². The van der Waals surface area contributed by atoms with E-state index < -0.39 is 10.0 Å². The highest BCUT2D eigenvalue weighted by Gasteiger charge is 2.37. The molecule has 0 saturated carbocycles. The van der Waals surface area contributed by atoms with Crippen molar-refractivity contribution < 1.29 is 17.8 Å². The van der Waals surface area contributed by atoms with Crippen molar-refractivity contribution in [2.24, 2.45) is 5.92 Å². The maximum Gasteiger partial charge on any atom is 0.245 e. The summed E-state index contributed by atoms with van der Waals surface area (Å²) in [6.45, 7) is 3.11. The van der Waals surface area contributed by atoms with Gasteiger partial charge in [-0.25, -0.2) is 13.0 Å². The summed E-state index contributed by atoms with van der Waals surface area (Å²) in [6, 6.07) is 23.1. The van der Waals surface area contributed by atoms with Gasteiger partial charge in [-0.1, -0.05) is 60.1 Å². The lowest BCUT2D eigenvalue weighted by Gasteiger charge is -2.41. The van der Waals surface area contributed by atoms with Crippen molar-refractivity contribution >= 4 is 38.6 Å². The molecule has 1 amide bonds. The minimum atomic E-state index is -3.86. The third-order valence-corrected chi connectivity index (χ3v) is 10.0. The number of piperidine rings is 1. The van der Waals surface area contributed by atoms with Gasteiger partial charge in [0.1, 0.15) is 10.4 Å². The molecule has 2 aliphatic heterocycles. The van der Waals surface area contributed by atoms with Gasteiger partial charge in [0.05, 0.1) is 12.0 Å². The average molecular weight is 580 g/mol. The molecule has 0 bridgehead atoms. The third kappa shape index (κ3) is 5.24. The van der Waals surface area contributed by atoms with Crippen molar-refractivity contribution in [2.45, 2.75) is 23.8 Å². The zero-order chi connectivity index (χ0) is 27.7. The number of piperazine rings is 1. The highest BCUT2D eigenvalue weighted by atomic mass is 35.5. The van der Waals surface area contributed by atoms with Crippen molar-refractivity contribution in [3.63, 3.8) is 0 Å². The second kappa shape index (κ2) is 11.3. The van der Waals surface area contributed by atoms with Gasteiger partial charge >= 0.3 is 0 Å². The number of benzene rings is 3. The Labute approximate surface area is 238 Å². The minimum Gasteiger partial charge on any atom is -0.340 e. The number of carbonyl (C=O) groups excluding carboxylic acids is 1. The van der Waals surface area contributed by atoms with Gasteiger partial charge in [-0.15, -0.1) is 0 Å². The number of aromatic nitrogens is 2. The molecular formula is C29H30ClN5O4S. The predicted octanol–water partition coefficient (Wildman–Crippen LogP) is 4.21. The molecule has 0 radical (unpaired) electrons. The molecule has 208 valence electrons. The maximum atomic E-state index is 13.6. The number of nitrogens with zero attached hydrogens (tertiary/aromatic N) is 5. The standard InChI is InChI=1S/C29H30ClN5O4S/c30-24-13-11-22(12-14-24)28(21-6-2-1-3-7-21)33-16-18-34(19-17-33)29(36)23-8-5-15-35(20-23)40(37,38)26-10-4-9-25-27(26)32-39-31-25/h1-4,6-7,9-14,23,28H,5,8,15-20H2/t23-,28+/m0/s1. The zero-order valence-electron chi connectivity index (χ0n) is 21.9. The Hall–Kier alpha value is -3.31. The van der Waals surface area contributed by atoms with Crippen LogP contribution in [0.2, 0.25) is 5.02 Å². The van der Waals surface area contributed by atoms with E-state index in [0.717, 1.165) is 5.56 Å². The molecule has 2 fully saturated rings. The minimum absolute atomic E-state index is 0.0172. The van der Waals surface area contributed by atoms with Crippen LogP contribution in [0.15, 0.2) is 82.3 Å². The van der Waals surface area contributed by atoms with Crippen LogP contribution in [0, 0.1) is 5.92 Å². The molecule has 3 heterocycles. The third-order valence-electron chi connectivity index (χ3n) is 7.89. The Kier molecular flexibility index (Phi) is 7.59. The van der Waals surface area contributed by atoms with Crippen molar-refractivity contribution in [1.82, 2.24) is 24.4 Å². The Morgan fingerprint density at radius 3 is 2.35 bits per heavy atom. The molecule has 0 unspecified atom stereocenters. The summed E-state index contributed by atoms with van der Waals surface area (Å²) in [7, 11) is -3.86. The van der Waals surface area contributed by atoms with Gasteiger partial charge in [-0.05, 0) is 58.5 Å². The summed E-state index contributed by atoms with van der Waals surface area (Å²) in [5.41, 5.74) is 2.94. The number of hydrogen-bond acceptors (Lipinski definition) is 7. The van der Waals surface area contributed by atoms with E-state index in [1.54, 1.807) is 12.1 Å². The molecule has 1 aromatic heterocycles. The van der Waals surface area contributed by atoms with Gasteiger partial charge in [0.2, 0.25) is 15.9 Å². The molecule has 2 aliphatic rings. The van der Waals surface area contributed by atoms with Crippen molar-refractivity contribution in [1.29, 1.82) is 0 Å². The summed E-state index contributed by atoms with van der Waals surface area (Å²) in [6.07, 6.45) is 1.29. The molecule has 11 heteroatoms. The van der Waals surface area contributed by atoms with Crippen LogP contribution in [0.25, 0.3) is 11.0 Å². The van der Waals surface area contributed by atoms with Crippen LogP contribution >= 0.6 is 11.6 Å². The summed E-state index contributed by atoms with van der Waals surface area (Å²) >= 11 is 6.16. The molecule has 2 saturated heterocycles. The van der Waals surface area contributed by atoms with E-state index in [0.29, 0.717) is 56.1 Å². The van der Waals surface area contributed by atoms with E-state index in [9.17, 15) is 13.2 Å². The quantitative estimate of drug-likeness (QED) is 0.337. The van der Waals surface area contributed by atoms with Crippen molar-refractivity contribution in [2.75, 3.05) is 39.3 Å². The molecule has 4 aromatic rings. The molecule has 0 aliphatic carbocycles. The molecule has 0 N–H and O–H groups in total. The van der Waals surface area contributed by atoms with E-state index in [1.165, 1.54) is 15.9 Å². The molecule has 0 spiro atoms. The van der Waals surface area contributed by atoms with E-state index in [1.807, 2.05) is 35.2 Å². The number of rotatable bonds is 6. The summed E-state index contributed by atoms with van der Waals surface area (Å²) in [4.78, 5) is 18.0. The van der Waals surface area contributed by atoms with Crippen molar-refractivity contribution in [3.8, 4) is 0 Å². The molecule has 3 aromatic carbocycles. The fourth-order valence-electron chi connectivity index (χ4n) is 5.84. The van der Waals surface area contributed by atoms with Crippen LogP contribution < -0.4 is 0 Å². The van der Waals surface area contributed by atoms with Gasteiger partial charge in [0.15, 0.2) is 5.52 Å². The highest BCUT2D eigenvalue weighted by molar-refractivity contribution is 7.89. The van der Waals surface area contributed by atoms with Gasteiger partial charge in [0, 0.05) is 44.3 Å². The lowest BCUT2D eigenvalue weighted by atomic mass is 9.95. The van der Waals surface area contributed by atoms with Crippen LogP contribution in [0.5, 0.6) is 0 Å². The first-order chi connectivity index (χ1) is 19.4. The van der Waals surface area contributed by atoms with E-state index in [-0.39, 0.29) is 34.8 Å².